The molecule has 1 aliphatic heterocycles. The third-order valence-corrected chi connectivity index (χ3v) is 4.14. The second kappa shape index (κ2) is 7.39. The quantitative estimate of drug-likeness (QED) is 0.668. The summed E-state index contributed by atoms with van der Waals surface area (Å²) in [7, 11) is 4.51. The van der Waals surface area contributed by atoms with Gasteiger partial charge in [-0.1, -0.05) is 6.07 Å². The summed E-state index contributed by atoms with van der Waals surface area (Å²) >= 11 is 0. The Morgan fingerprint density at radius 3 is 2.62 bits per heavy atom. The lowest BCUT2D eigenvalue weighted by Crippen LogP contribution is -2.23. The van der Waals surface area contributed by atoms with Gasteiger partial charge >= 0.3 is 5.97 Å². The van der Waals surface area contributed by atoms with Crippen LogP contribution in [0.4, 0.5) is 5.69 Å². The van der Waals surface area contributed by atoms with E-state index in [-0.39, 0.29) is 0 Å². The van der Waals surface area contributed by atoms with Gasteiger partial charge in [-0.3, -0.25) is 0 Å². The maximum atomic E-state index is 11.8. The third-order valence-electron chi connectivity index (χ3n) is 4.14. The van der Waals surface area contributed by atoms with Crippen molar-refractivity contribution in [3.8, 4) is 17.2 Å². The average Bonchev–Trinajstić information content (AvgIpc) is 2.67. The number of hydrogen-bond acceptors (Lipinski definition) is 6. The number of ether oxygens (including phenoxy) is 4. The fourth-order valence-electron chi connectivity index (χ4n) is 2.81. The number of nitrogens with one attached hydrogen (secondary N) is 1. The summed E-state index contributed by atoms with van der Waals surface area (Å²) in [5.74, 6) is 1.51. The third kappa shape index (κ3) is 3.44. The van der Waals surface area contributed by atoms with Gasteiger partial charge in [0.15, 0.2) is 6.10 Å². The first-order chi connectivity index (χ1) is 12.5. The van der Waals surface area contributed by atoms with E-state index in [2.05, 4.69) is 5.32 Å². The van der Waals surface area contributed by atoms with E-state index in [1.807, 2.05) is 37.3 Å². The number of esters is 1. The molecule has 0 bridgehead atoms. The molecule has 0 aromatic heterocycles. The molecule has 1 atom stereocenters. The molecule has 0 amide bonds. The molecule has 1 aliphatic rings. The Kier molecular flexibility index (Phi) is 5.02. The molecule has 0 spiro atoms. The first-order valence-electron chi connectivity index (χ1n) is 8.11. The van der Waals surface area contributed by atoms with Gasteiger partial charge in [0.1, 0.15) is 17.2 Å². The normalized spacial score (nSPS) is 16.9. The molecule has 6 nitrogen and oxygen atoms in total. The Bertz CT molecular complexity index is 859. The van der Waals surface area contributed by atoms with Crippen LogP contribution in [-0.2, 0) is 9.53 Å². The predicted octanol–water partition coefficient (Wildman–Crippen LogP) is 3.61. The fourth-order valence-corrected chi connectivity index (χ4v) is 2.81. The van der Waals surface area contributed by atoms with Crippen molar-refractivity contribution >= 4 is 11.7 Å². The van der Waals surface area contributed by atoms with E-state index >= 15 is 0 Å². The number of hydrogen-bond donors (Lipinski definition) is 1. The molecule has 2 aromatic rings. The molecule has 136 valence electrons. The van der Waals surface area contributed by atoms with Crippen molar-refractivity contribution < 1.29 is 23.7 Å². The number of fused-ring (bicyclic) bond motifs is 1. The van der Waals surface area contributed by atoms with Gasteiger partial charge < -0.3 is 24.3 Å². The molecular weight excluding hydrogens is 334 g/mol. The van der Waals surface area contributed by atoms with Crippen molar-refractivity contribution in [2.45, 2.75) is 13.0 Å². The van der Waals surface area contributed by atoms with Crippen LogP contribution in [0.25, 0.3) is 0 Å². The zero-order valence-electron chi connectivity index (χ0n) is 15.2. The van der Waals surface area contributed by atoms with Gasteiger partial charge in [0, 0.05) is 17.7 Å². The maximum Gasteiger partial charge on any atom is 0.332 e. The van der Waals surface area contributed by atoms with Crippen molar-refractivity contribution in [3.63, 3.8) is 0 Å². The Labute approximate surface area is 152 Å². The van der Waals surface area contributed by atoms with Crippen LogP contribution in [0.1, 0.15) is 17.2 Å². The number of aryl methyl sites for hydroxylation is 1. The molecule has 0 saturated heterocycles. The van der Waals surface area contributed by atoms with Gasteiger partial charge in [-0.2, -0.15) is 0 Å². The predicted molar refractivity (Wildman–Crippen MR) is 97.8 cm³/mol. The molecule has 6 heteroatoms. The summed E-state index contributed by atoms with van der Waals surface area (Å²) in [5, 5.41) is 3.27. The van der Waals surface area contributed by atoms with Gasteiger partial charge in [-0.25, -0.2) is 4.79 Å². The number of carbonyl (C=O) groups is 1. The number of anilines is 1. The first-order valence-corrected chi connectivity index (χ1v) is 8.11. The van der Waals surface area contributed by atoms with Gasteiger partial charge in [0.2, 0.25) is 0 Å². The van der Waals surface area contributed by atoms with Crippen molar-refractivity contribution in [2.75, 3.05) is 26.6 Å². The number of methoxy groups -OCH3 is 3. The van der Waals surface area contributed by atoms with Crippen molar-refractivity contribution in [1.29, 1.82) is 0 Å². The summed E-state index contributed by atoms with van der Waals surface area (Å²) in [6, 6.07) is 11.3. The second-order valence-electron chi connectivity index (χ2n) is 5.85. The highest BCUT2D eigenvalue weighted by molar-refractivity contribution is 5.84. The van der Waals surface area contributed by atoms with E-state index in [0.29, 0.717) is 22.9 Å². The maximum absolute atomic E-state index is 11.8. The lowest BCUT2D eigenvalue weighted by atomic mass is 10.0. The SMILES string of the molecule is COC(=O)/C=C1\Nc2ccc(C)cc2OC1c1ccc(OC)cc1OC. The zero-order chi connectivity index (χ0) is 18.7. The zero-order valence-corrected chi connectivity index (χ0v) is 15.2. The summed E-state index contributed by atoms with van der Waals surface area (Å²) in [6.07, 6.45) is 0.834. The molecule has 2 aromatic carbocycles. The standard InChI is InChI=1S/C20H21NO5/c1-12-5-8-15-18(9-12)26-20(16(21-15)11-19(22)25-4)14-7-6-13(23-2)10-17(14)24-3/h5-11,20-21H,1-4H3/b16-11-. The van der Waals surface area contributed by atoms with Crippen LogP contribution < -0.4 is 19.5 Å². The van der Waals surface area contributed by atoms with Crippen LogP contribution in [0, 0.1) is 6.92 Å². The highest BCUT2D eigenvalue weighted by Crippen LogP contribution is 2.43. The summed E-state index contributed by atoms with van der Waals surface area (Å²) in [5.41, 5.74) is 3.20. The van der Waals surface area contributed by atoms with Crippen molar-refractivity contribution in [3.05, 3.63) is 59.3 Å². The largest absolute Gasteiger partial charge is 0.497 e. The van der Waals surface area contributed by atoms with E-state index in [4.69, 9.17) is 18.9 Å². The summed E-state index contributed by atoms with van der Waals surface area (Å²) in [6.45, 7) is 1.99. The Hall–Kier alpha value is -3.15. The first kappa shape index (κ1) is 17.7. The van der Waals surface area contributed by atoms with Gasteiger partial charge in [-0.05, 0) is 36.8 Å². The van der Waals surface area contributed by atoms with Crippen molar-refractivity contribution in [1.82, 2.24) is 0 Å². The minimum Gasteiger partial charge on any atom is -0.497 e. The molecule has 1 unspecified atom stereocenters. The van der Waals surface area contributed by atoms with Crippen molar-refractivity contribution in [2.24, 2.45) is 0 Å². The van der Waals surface area contributed by atoms with E-state index in [1.54, 1.807) is 20.3 Å². The lowest BCUT2D eigenvalue weighted by Gasteiger charge is -2.31. The molecule has 0 aliphatic carbocycles. The van der Waals surface area contributed by atoms with Crippen LogP contribution in [0.2, 0.25) is 0 Å². The van der Waals surface area contributed by atoms with Crippen LogP contribution in [-0.4, -0.2) is 27.3 Å². The molecule has 26 heavy (non-hydrogen) atoms. The summed E-state index contributed by atoms with van der Waals surface area (Å²) in [4.78, 5) is 11.8. The minimum atomic E-state index is -0.552. The number of rotatable bonds is 4. The smallest absolute Gasteiger partial charge is 0.332 e. The Balaban J connectivity index is 2.10. The fraction of sp³-hybridized carbons (Fsp3) is 0.250. The molecule has 1 N–H and O–H groups in total. The second-order valence-corrected chi connectivity index (χ2v) is 5.85. The molecule has 0 saturated carbocycles. The molecular formula is C20H21NO5. The van der Waals surface area contributed by atoms with E-state index in [1.165, 1.54) is 13.2 Å². The minimum absolute atomic E-state index is 0.468. The highest BCUT2D eigenvalue weighted by Gasteiger charge is 2.29. The van der Waals surface area contributed by atoms with Crippen LogP contribution in [0.5, 0.6) is 17.2 Å². The molecule has 0 radical (unpaired) electrons. The van der Waals surface area contributed by atoms with Gasteiger partial charge in [0.25, 0.3) is 0 Å². The molecule has 1 heterocycles. The van der Waals surface area contributed by atoms with Crippen LogP contribution in [0.3, 0.4) is 0 Å². The van der Waals surface area contributed by atoms with E-state index in [0.717, 1.165) is 16.8 Å². The van der Waals surface area contributed by atoms with E-state index in [9.17, 15) is 4.79 Å². The molecule has 0 fully saturated rings. The average molecular weight is 355 g/mol. The van der Waals surface area contributed by atoms with E-state index < -0.39 is 12.1 Å². The Morgan fingerprint density at radius 2 is 1.92 bits per heavy atom. The topological polar surface area (TPSA) is 66.0 Å². The monoisotopic (exact) mass is 355 g/mol. The Morgan fingerprint density at radius 1 is 1.12 bits per heavy atom. The lowest BCUT2D eigenvalue weighted by molar-refractivity contribution is -0.134. The number of benzene rings is 2. The van der Waals surface area contributed by atoms with Gasteiger partial charge in [0.05, 0.1) is 32.7 Å². The molecule has 3 rings (SSSR count). The highest BCUT2D eigenvalue weighted by atomic mass is 16.5. The van der Waals surface area contributed by atoms with Crippen LogP contribution >= 0.6 is 0 Å². The summed E-state index contributed by atoms with van der Waals surface area (Å²) < 4.78 is 21.7. The van der Waals surface area contributed by atoms with Gasteiger partial charge in [-0.15, -0.1) is 0 Å². The number of carbonyl (C=O) groups excluding carboxylic acids is 1. The van der Waals surface area contributed by atoms with Crippen LogP contribution in [0.15, 0.2) is 48.2 Å².